The molecule has 84 valence electrons. The summed E-state index contributed by atoms with van der Waals surface area (Å²) in [6, 6.07) is 7.86. The molecule has 4 nitrogen and oxygen atoms in total. The van der Waals surface area contributed by atoms with E-state index in [0.29, 0.717) is 18.6 Å². The van der Waals surface area contributed by atoms with E-state index in [1.807, 2.05) is 35.9 Å². The highest BCUT2D eigenvalue weighted by Crippen LogP contribution is 2.10. The molecule has 4 heteroatoms. The second-order valence-corrected chi connectivity index (χ2v) is 3.80. The molecule has 2 aromatic rings. The summed E-state index contributed by atoms with van der Waals surface area (Å²) in [5.41, 5.74) is 1.94. The lowest BCUT2D eigenvalue weighted by Crippen LogP contribution is -2.03. The van der Waals surface area contributed by atoms with Crippen molar-refractivity contribution in [3.8, 4) is 0 Å². The Morgan fingerprint density at radius 3 is 3.00 bits per heavy atom. The Morgan fingerprint density at radius 2 is 2.19 bits per heavy atom. The van der Waals surface area contributed by atoms with Crippen LogP contribution in [0.15, 0.2) is 24.3 Å². The largest absolute Gasteiger partial charge is 0.300 e. The van der Waals surface area contributed by atoms with Crippen molar-refractivity contribution >= 4 is 16.8 Å². The number of para-hydroxylation sites is 1. The lowest BCUT2D eigenvalue weighted by molar-refractivity contribution is -0.118. The van der Waals surface area contributed by atoms with Crippen LogP contribution >= 0.6 is 0 Å². The van der Waals surface area contributed by atoms with Gasteiger partial charge in [-0.2, -0.15) is 0 Å². The van der Waals surface area contributed by atoms with Crippen LogP contribution in [0.3, 0.4) is 0 Å². The maximum atomic E-state index is 11.2. The first-order chi connectivity index (χ1) is 7.81. The average molecular weight is 217 g/mol. The first-order valence-corrected chi connectivity index (χ1v) is 5.61. The van der Waals surface area contributed by atoms with Gasteiger partial charge in [-0.05, 0) is 18.6 Å². The molecule has 1 heterocycles. The van der Waals surface area contributed by atoms with Crippen LogP contribution in [-0.2, 0) is 11.3 Å². The molecule has 0 unspecified atom stereocenters. The van der Waals surface area contributed by atoms with Crippen molar-refractivity contribution in [1.29, 1.82) is 0 Å². The van der Waals surface area contributed by atoms with Crippen molar-refractivity contribution in [2.45, 2.75) is 32.7 Å². The van der Waals surface area contributed by atoms with Gasteiger partial charge in [-0.1, -0.05) is 24.3 Å². The molecule has 0 aliphatic rings. The minimum atomic E-state index is 0.310. The quantitative estimate of drug-likeness (QED) is 0.771. The summed E-state index contributed by atoms with van der Waals surface area (Å²) in [6.45, 7) is 2.65. The summed E-state index contributed by atoms with van der Waals surface area (Å²) < 4.78 is 1.86. The van der Waals surface area contributed by atoms with Crippen LogP contribution in [0, 0.1) is 0 Å². The fourth-order valence-corrected chi connectivity index (χ4v) is 1.69. The number of nitrogens with zero attached hydrogens (tertiary/aromatic N) is 3. The predicted molar refractivity (Wildman–Crippen MR) is 62.1 cm³/mol. The smallest absolute Gasteiger partial charge is 0.132 e. The molecule has 0 saturated heterocycles. The van der Waals surface area contributed by atoms with Crippen LogP contribution in [0.5, 0.6) is 0 Å². The molecule has 0 N–H and O–H groups in total. The lowest BCUT2D eigenvalue weighted by atomic mass is 10.2. The molecule has 0 saturated carbocycles. The van der Waals surface area contributed by atoms with Crippen molar-refractivity contribution in [2.24, 2.45) is 0 Å². The van der Waals surface area contributed by atoms with Gasteiger partial charge in [0, 0.05) is 19.4 Å². The Bertz CT molecular complexity index is 490. The minimum absolute atomic E-state index is 0.310. The molecular weight excluding hydrogens is 202 g/mol. The molecule has 0 aliphatic carbocycles. The topological polar surface area (TPSA) is 47.8 Å². The van der Waals surface area contributed by atoms with Gasteiger partial charge >= 0.3 is 0 Å². The van der Waals surface area contributed by atoms with Crippen molar-refractivity contribution in [3.05, 3.63) is 24.3 Å². The zero-order valence-corrected chi connectivity index (χ0v) is 9.39. The van der Waals surface area contributed by atoms with Gasteiger partial charge in [0.2, 0.25) is 0 Å². The predicted octanol–water partition coefficient (Wildman–Crippen LogP) is 2.19. The molecular formula is C12H15N3O. The molecule has 0 amide bonds. The number of ketones is 1. The van der Waals surface area contributed by atoms with E-state index < -0.39 is 0 Å². The van der Waals surface area contributed by atoms with E-state index in [4.69, 9.17) is 0 Å². The van der Waals surface area contributed by atoms with E-state index in [0.717, 1.165) is 24.0 Å². The third kappa shape index (κ3) is 2.27. The lowest BCUT2D eigenvalue weighted by Gasteiger charge is -2.00. The number of carbonyl (C=O) groups excluding carboxylic acids is 1. The fourth-order valence-electron chi connectivity index (χ4n) is 1.69. The van der Waals surface area contributed by atoms with Gasteiger partial charge in [0.1, 0.15) is 11.3 Å². The number of benzene rings is 1. The summed E-state index contributed by atoms with van der Waals surface area (Å²) in [4.78, 5) is 11.2. The van der Waals surface area contributed by atoms with Gasteiger partial charge in [-0.25, -0.2) is 4.68 Å². The van der Waals surface area contributed by atoms with E-state index in [1.54, 1.807) is 0 Å². The Morgan fingerprint density at radius 1 is 1.38 bits per heavy atom. The highest BCUT2D eigenvalue weighted by atomic mass is 16.1. The molecule has 2 rings (SSSR count). The number of aromatic nitrogens is 3. The van der Waals surface area contributed by atoms with Crippen LogP contribution in [0.4, 0.5) is 0 Å². The molecule has 0 spiro atoms. The highest BCUT2D eigenvalue weighted by Gasteiger charge is 2.03. The molecule has 0 atom stereocenters. The summed E-state index contributed by atoms with van der Waals surface area (Å²) in [6.07, 6.45) is 2.09. The monoisotopic (exact) mass is 217 g/mol. The van der Waals surface area contributed by atoms with Crippen LogP contribution in [0.25, 0.3) is 11.0 Å². The fraction of sp³-hybridized carbons (Fsp3) is 0.417. The molecule has 1 aromatic carbocycles. The summed E-state index contributed by atoms with van der Waals surface area (Å²) >= 11 is 0. The van der Waals surface area contributed by atoms with Crippen LogP contribution in [0.1, 0.15) is 26.2 Å². The molecule has 0 radical (unpaired) electrons. The first-order valence-electron chi connectivity index (χ1n) is 5.61. The molecule has 16 heavy (non-hydrogen) atoms. The van der Waals surface area contributed by atoms with Gasteiger partial charge in [0.25, 0.3) is 0 Å². The van der Waals surface area contributed by atoms with Gasteiger partial charge in [0.05, 0.1) is 5.52 Å². The summed E-state index contributed by atoms with van der Waals surface area (Å²) in [5, 5.41) is 8.14. The first kappa shape index (κ1) is 10.8. The van der Waals surface area contributed by atoms with Gasteiger partial charge < -0.3 is 0 Å². The maximum Gasteiger partial charge on any atom is 0.132 e. The molecule has 1 aromatic heterocycles. The molecule has 0 bridgehead atoms. The Hall–Kier alpha value is -1.71. The number of hydrogen-bond donors (Lipinski definition) is 0. The maximum absolute atomic E-state index is 11.2. The van der Waals surface area contributed by atoms with Gasteiger partial charge in [-0.3, -0.25) is 4.79 Å². The van der Waals surface area contributed by atoms with Gasteiger partial charge in [0.15, 0.2) is 0 Å². The van der Waals surface area contributed by atoms with Crippen molar-refractivity contribution < 1.29 is 4.79 Å². The van der Waals surface area contributed by atoms with Crippen LogP contribution in [0.2, 0.25) is 0 Å². The minimum Gasteiger partial charge on any atom is -0.300 e. The zero-order chi connectivity index (χ0) is 11.4. The summed E-state index contributed by atoms with van der Waals surface area (Å²) in [5.74, 6) is 0.310. The Labute approximate surface area is 94.3 Å². The van der Waals surface area contributed by atoms with Crippen molar-refractivity contribution in [1.82, 2.24) is 15.0 Å². The van der Waals surface area contributed by atoms with Crippen LogP contribution < -0.4 is 0 Å². The van der Waals surface area contributed by atoms with Gasteiger partial charge in [-0.15, -0.1) is 5.10 Å². The third-order valence-electron chi connectivity index (χ3n) is 2.64. The molecule has 0 aliphatic heterocycles. The Balaban J connectivity index is 2.02. The van der Waals surface area contributed by atoms with Crippen molar-refractivity contribution in [3.63, 3.8) is 0 Å². The second-order valence-electron chi connectivity index (χ2n) is 3.80. The third-order valence-corrected chi connectivity index (χ3v) is 2.64. The second kappa shape index (κ2) is 4.88. The highest BCUT2D eigenvalue weighted by molar-refractivity contribution is 5.78. The van der Waals surface area contributed by atoms with Crippen LogP contribution in [-0.4, -0.2) is 20.8 Å². The normalized spacial score (nSPS) is 10.8. The number of aryl methyl sites for hydroxylation is 1. The van der Waals surface area contributed by atoms with E-state index in [2.05, 4.69) is 10.3 Å². The number of rotatable bonds is 5. The standard InChI is InChI=1S/C12H15N3O/c1-2-10(16)6-5-9-15-12-8-4-3-7-11(12)13-14-15/h3-4,7-8H,2,5-6,9H2,1H3. The number of carbonyl (C=O) groups is 1. The zero-order valence-electron chi connectivity index (χ0n) is 9.39. The van der Waals surface area contributed by atoms with E-state index in [-0.39, 0.29) is 0 Å². The number of hydrogen-bond acceptors (Lipinski definition) is 3. The van der Waals surface area contributed by atoms with E-state index in [1.165, 1.54) is 0 Å². The average Bonchev–Trinajstić information content (AvgIpc) is 2.73. The molecule has 0 fully saturated rings. The van der Waals surface area contributed by atoms with E-state index >= 15 is 0 Å². The van der Waals surface area contributed by atoms with E-state index in [9.17, 15) is 4.79 Å². The number of fused-ring (bicyclic) bond motifs is 1. The Kier molecular flexibility index (Phi) is 3.29. The summed E-state index contributed by atoms with van der Waals surface area (Å²) in [7, 11) is 0. The SMILES string of the molecule is CCC(=O)CCCn1nnc2ccccc21. The van der Waals surface area contributed by atoms with Crippen molar-refractivity contribution in [2.75, 3.05) is 0 Å². The number of Topliss-reactive ketones (excluding diaryl/α,β-unsaturated/α-hetero) is 1.